The quantitative estimate of drug-likeness (QED) is 0.216. The molecule has 188 valence electrons. The van der Waals surface area contributed by atoms with Crippen LogP contribution in [0.5, 0.6) is 0 Å². The second kappa shape index (κ2) is 13.9. The first kappa shape index (κ1) is 28.6. The minimum absolute atomic E-state index is 0.103. The Morgan fingerprint density at radius 2 is 1.41 bits per heavy atom. The highest BCUT2D eigenvalue weighted by Crippen LogP contribution is 2.08. The van der Waals surface area contributed by atoms with E-state index in [0.29, 0.717) is 6.42 Å². The Kier molecular flexibility index (Phi) is 11.7. The number of hydrogen-bond acceptors (Lipinski definition) is 6. The fourth-order valence-corrected chi connectivity index (χ4v) is 3.14. The van der Waals surface area contributed by atoms with Crippen LogP contribution in [0.2, 0.25) is 0 Å². The fraction of sp³-hybridized carbons (Fsp3) is 0.522. The van der Waals surface area contributed by atoms with Gasteiger partial charge < -0.3 is 31.9 Å². The topological polar surface area (TPSA) is 188 Å². The average Bonchev–Trinajstić information content (AvgIpc) is 2.75. The number of carbonyl (C=O) groups is 5. The van der Waals surface area contributed by atoms with Gasteiger partial charge in [0.05, 0.1) is 6.04 Å². The van der Waals surface area contributed by atoms with Crippen LogP contribution in [0.15, 0.2) is 30.3 Å². The molecule has 0 aliphatic heterocycles. The molecule has 11 heteroatoms. The van der Waals surface area contributed by atoms with E-state index in [1.807, 2.05) is 13.8 Å². The summed E-state index contributed by atoms with van der Waals surface area (Å²) in [6, 6.07) is 4.38. The lowest BCUT2D eigenvalue weighted by Crippen LogP contribution is -2.57. The molecule has 7 N–H and O–H groups in total. The molecule has 4 atom stereocenters. The molecule has 0 aliphatic rings. The van der Waals surface area contributed by atoms with Gasteiger partial charge in [0.15, 0.2) is 0 Å². The fourth-order valence-electron chi connectivity index (χ4n) is 3.14. The van der Waals surface area contributed by atoms with Crippen molar-refractivity contribution in [2.24, 2.45) is 11.7 Å². The molecule has 3 amide bonds. The molecule has 0 aliphatic carbocycles. The second-order valence-corrected chi connectivity index (χ2v) is 8.55. The minimum Gasteiger partial charge on any atom is -0.481 e. The lowest BCUT2D eigenvalue weighted by atomic mass is 10.0. The maximum Gasteiger partial charge on any atom is 0.325 e. The number of amides is 3. The van der Waals surface area contributed by atoms with Crippen LogP contribution in [0, 0.1) is 5.92 Å². The van der Waals surface area contributed by atoms with Crippen LogP contribution in [-0.2, 0) is 30.4 Å². The molecule has 0 spiro atoms. The van der Waals surface area contributed by atoms with Crippen LogP contribution < -0.4 is 21.7 Å². The molecule has 0 saturated heterocycles. The van der Waals surface area contributed by atoms with Crippen molar-refractivity contribution in [2.75, 3.05) is 0 Å². The van der Waals surface area contributed by atoms with Crippen LogP contribution in [0.3, 0.4) is 0 Å². The largest absolute Gasteiger partial charge is 0.481 e. The highest BCUT2D eigenvalue weighted by Gasteiger charge is 2.30. The zero-order chi connectivity index (χ0) is 25.8. The molecule has 1 aromatic rings. The van der Waals surface area contributed by atoms with Crippen molar-refractivity contribution in [3.05, 3.63) is 35.9 Å². The Labute approximate surface area is 198 Å². The maximum atomic E-state index is 13.1. The number of carbonyl (C=O) groups excluding carboxylic acids is 3. The zero-order valence-corrected chi connectivity index (χ0v) is 19.6. The molecule has 0 bridgehead atoms. The van der Waals surface area contributed by atoms with Gasteiger partial charge in [-0.2, -0.15) is 0 Å². The standard InChI is InChI=1S/C23H34N4O7/c1-13(2)11-16(24)20(30)27-18(12-15-7-5-4-6-8-15)22(32)26-17(9-10-19(28)29)21(31)25-14(3)23(33)34/h4-8,13-14,16-18H,9-12,24H2,1-3H3,(H,25,31)(H,26,32)(H,27,30)(H,28,29)(H,33,34). The van der Waals surface area contributed by atoms with E-state index in [9.17, 15) is 24.0 Å². The molecule has 0 heterocycles. The third-order valence-electron chi connectivity index (χ3n) is 4.99. The SMILES string of the molecule is CC(C)CC(N)C(=O)NC(Cc1ccccc1)C(=O)NC(CCC(=O)O)C(=O)NC(C)C(=O)O. The van der Waals surface area contributed by atoms with Crippen molar-refractivity contribution >= 4 is 29.7 Å². The number of nitrogens with two attached hydrogens (primary N) is 1. The lowest BCUT2D eigenvalue weighted by molar-refractivity contribution is -0.142. The summed E-state index contributed by atoms with van der Waals surface area (Å²) in [6.07, 6.45) is -0.194. The Bertz CT molecular complexity index is 860. The third kappa shape index (κ3) is 10.4. The smallest absolute Gasteiger partial charge is 0.325 e. The molecular weight excluding hydrogens is 444 g/mol. The molecule has 0 fully saturated rings. The number of rotatable bonds is 14. The molecule has 11 nitrogen and oxygen atoms in total. The van der Waals surface area contributed by atoms with E-state index in [1.54, 1.807) is 30.3 Å². The molecule has 4 unspecified atom stereocenters. The van der Waals surface area contributed by atoms with Crippen LogP contribution in [0.4, 0.5) is 0 Å². The number of nitrogens with one attached hydrogen (secondary N) is 3. The van der Waals surface area contributed by atoms with E-state index < -0.39 is 60.2 Å². The Hall–Kier alpha value is -3.47. The molecule has 0 saturated carbocycles. The van der Waals surface area contributed by atoms with Gasteiger partial charge in [-0.05, 0) is 31.2 Å². The second-order valence-electron chi connectivity index (χ2n) is 8.55. The molecule has 0 radical (unpaired) electrons. The van der Waals surface area contributed by atoms with Gasteiger partial charge in [-0.3, -0.25) is 24.0 Å². The molecule has 1 rings (SSSR count). The summed E-state index contributed by atoms with van der Waals surface area (Å²) in [5.74, 6) is -4.41. The third-order valence-corrected chi connectivity index (χ3v) is 4.99. The highest BCUT2D eigenvalue weighted by atomic mass is 16.4. The molecule has 0 aromatic heterocycles. The first-order chi connectivity index (χ1) is 15.9. The van der Waals surface area contributed by atoms with Crippen molar-refractivity contribution < 1.29 is 34.2 Å². The normalized spacial score (nSPS) is 14.4. The first-order valence-corrected chi connectivity index (χ1v) is 11.1. The van der Waals surface area contributed by atoms with E-state index >= 15 is 0 Å². The Morgan fingerprint density at radius 1 is 0.853 bits per heavy atom. The predicted octanol–water partition coefficient (Wildman–Crippen LogP) is 0.0262. The number of aliphatic carboxylic acids is 2. The van der Waals surface area contributed by atoms with Gasteiger partial charge in [-0.25, -0.2) is 0 Å². The summed E-state index contributed by atoms with van der Waals surface area (Å²) in [4.78, 5) is 60.3. The van der Waals surface area contributed by atoms with Crippen LogP contribution in [0.1, 0.15) is 45.6 Å². The minimum atomic E-state index is -1.31. The maximum absolute atomic E-state index is 13.1. The van der Waals surface area contributed by atoms with Gasteiger partial charge in [-0.15, -0.1) is 0 Å². The summed E-state index contributed by atoms with van der Waals surface area (Å²) in [7, 11) is 0. The average molecular weight is 479 g/mol. The zero-order valence-electron chi connectivity index (χ0n) is 19.6. The summed E-state index contributed by atoms with van der Waals surface area (Å²) in [6.45, 7) is 5.06. The van der Waals surface area contributed by atoms with Crippen molar-refractivity contribution in [3.63, 3.8) is 0 Å². The summed E-state index contributed by atoms with van der Waals surface area (Å²) in [5.41, 5.74) is 6.69. The van der Waals surface area contributed by atoms with E-state index in [0.717, 1.165) is 5.56 Å². The number of carboxylic acid groups (broad SMARTS) is 2. The van der Waals surface area contributed by atoms with Gasteiger partial charge in [0.2, 0.25) is 17.7 Å². The summed E-state index contributed by atoms with van der Waals surface area (Å²) in [5, 5.41) is 25.3. The molecular formula is C23H34N4O7. The predicted molar refractivity (Wildman–Crippen MR) is 124 cm³/mol. The van der Waals surface area contributed by atoms with Crippen molar-refractivity contribution in [2.45, 2.75) is 70.6 Å². The lowest BCUT2D eigenvalue weighted by Gasteiger charge is -2.25. The van der Waals surface area contributed by atoms with Crippen molar-refractivity contribution in [1.29, 1.82) is 0 Å². The van der Waals surface area contributed by atoms with Gasteiger partial charge in [-0.1, -0.05) is 44.2 Å². The Morgan fingerprint density at radius 3 is 1.94 bits per heavy atom. The highest BCUT2D eigenvalue weighted by molar-refractivity contribution is 5.94. The first-order valence-electron chi connectivity index (χ1n) is 11.1. The van der Waals surface area contributed by atoms with Crippen molar-refractivity contribution in [3.8, 4) is 0 Å². The van der Waals surface area contributed by atoms with Crippen molar-refractivity contribution in [1.82, 2.24) is 16.0 Å². The van der Waals surface area contributed by atoms with Crippen LogP contribution >= 0.6 is 0 Å². The molecule has 1 aromatic carbocycles. The summed E-state index contributed by atoms with van der Waals surface area (Å²) < 4.78 is 0. The van der Waals surface area contributed by atoms with Gasteiger partial charge in [0.25, 0.3) is 0 Å². The van der Waals surface area contributed by atoms with Gasteiger partial charge >= 0.3 is 11.9 Å². The van der Waals surface area contributed by atoms with Crippen LogP contribution in [0.25, 0.3) is 0 Å². The van der Waals surface area contributed by atoms with E-state index in [-0.39, 0.29) is 18.8 Å². The van der Waals surface area contributed by atoms with Crippen LogP contribution in [-0.4, -0.2) is 64.0 Å². The van der Waals surface area contributed by atoms with E-state index in [2.05, 4.69) is 16.0 Å². The van der Waals surface area contributed by atoms with Gasteiger partial charge in [0, 0.05) is 12.8 Å². The monoisotopic (exact) mass is 478 g/mol. The Balaban J connectivity index is 3.07. The number of carboxylic acids is 2. The van der Waals surface area contributed by atoms with E-state index in [4.69, 9.17) is 15.9 Å². The van der Waals surface area contributed by atoms with Gasteiger partial charge in [0.1, 0.15) is 18.1 Å². The van der Waals surface area contributed by atoms with E-state index in [1.165, 1.54) is 6.92 Å². The number of benzene rings is 1. The number of hydrogen-bond donors (Lipinski definition) is 6. The molecule has 34 heavy (non-hydrogen) atoms. The summed E-state index contributed by atoms with van der Waals surface area (Å²) >= 11 is 0.